The monoisotopic (exact) mass is 321 g/mol. The first-order valence-electron chi connectivity index (χ1n) is 8.66. The van der Waals surface area contributed by atoms with Gasteiger partial charge in [0.05, 0.1) is 6.54 Å². The molecule has 0 aliphatic heterocycles. The van der Waals surface area contributed by atoms with Crippen molar-refractivity contribution >= 4 is 16.7 Å². The summed E-state index contributed by atoms with van der Waals surface area (Å²) in [5.41, 5.74) is 0. The van der Waals surface area contributed by atoms with Crippen LogP contribution in [0.3, 0.4) is 0 Å². The SMILES string of the molecule is O=C(CC1CCCC1)NCC#CCOc1cccc2ccccc12. The molecule has 0 bridgehead atoms. The van der Waals surface area contributed by atoms with Gasteiger partial charge in [-0.3, -0.25) is 4.79 Å². The number of amides is 1. The van der Waals surface area contributed by atoms with Gasteiger partial charge in [-0.2, -0.15) is 0 Å². The Balaban J connectivity index is 1.42. The third-order valence-electron chi connectivity index (χ3n) is 4.50. The Morgan fingerprint density at radius 2 is 1.88 bits per heavy atom. The summed E-state index contributed by atoms with van der Waals surface area (Å²) in [7, 11) is 0. The number of fused-ring (bicyclic) bond motifs is 1. The molecule has 1 aliphatic rings. The molecule has 0 saturated heterocycles. The first-order valence-corrected chi connectivity index (χ1v) is 8.66. The average Bonchev–Trinajstić information content (AvgIpc) is 3.11. The van der Waals surface area contributed by atoms with E-state index in [1.54, 1.807) is 0 Å². The molecule has 124 valence electrons. The predicted octanol–water partition coefficient (Wildman–Crippen LogP) is 3.92. The highest BCUT2D eigenvalue weighted by Gasteiger charge is 2.17. The fourth-order valence-electron chi connectivity index (χ4n) is 3.24. The van der Waals surface area contributed by atoms with Crippen LogP contribution < -0.4 is 10.1 Å². The zero-order chi connectivity index (χ0) is 16.6. The zero-order valence-corrected chi connectivity index (χ0v) is 13.9. The Morgan fingerprint density at radius 3 is 2.75 bits per heavy atom. The highest BCUT2D eigenvalue weighted by atomic mass is 16.5. The first kappa shape index (κ1) is 16.4. The molecule has 0 unspecified atom stereocenters. The summed E-state index contributed by atoms with van der Waals surface area (Å²) in [5, 5.41) is 5.11. The van der Waals surface area contributed by atoms with Gasteiger partial charge >= 0.3 is 0 Å². The zero-order valence-electron chi connectivity index (χ0n) is 13.9. The van der Waals surface area contributed by atoms with E-state index in [-0.39, 0.29) is 5.91 Å². The van der Waals surface area contributed by atoms with E-state index in [2.05, 4.69) is 29.3 Å². The number of rotatable bonds is 5. The van der Waals surface area contributed by atoms with Gasteiger partial charge in [-0.05, 0) is 30.2 Å². The van der Waals surface area contributed by atoms with Crippen LogP contribution in [0.2, 0.25) is 0 Å². The summed E-state index contributed by atoms with van der Waals surface area (Å²) < 4.78 is 5.75. The molecule has 1 N–H and O–H groups in total. The summed E-state index contributed by atoms with van der Waals surface area (Å²) in [5.74, 6) is 7.45. The van der Waals surface area contributed by atoms with Crippen molar-refractivity contribution < 1.29 is 9.53 Å². The van der Waals surface area contributed by atoms with Gasteiger partial charge in [0.25, 0.3) is 0 Å². The molecular formula is C21H23NO2. The van der Waals surface area contributed by atoms with E-state index in [1.807, 2.05) is 30.3 Å². The molecule has 1 saturated carbocycles. The van der Waals surface area contributed by atoms with Crippen LogP contribution in [0.25, 0.3) is 10.8 Å². The topological polar surface area (TPSA) is 38.3 Å². The van der Waals surface area contributed by atoms with Crippen LogP contribution in [0, 0.1) is 17.8 Å². The van der Waals surface area contributed by atoms with Crippen molar-refractivity contribution in [2.75, 3.05) is 13.2 Å². The lowest BCUT2D eigenvalue weighted by atomic mass is 10.0. The number of benzene rings is 2. The maximum absolute atomic E-state index is 11.8. The van der Waals surface area contributed by atoms with E-state index in [4.69, 9.17) is 4.74 Å². The number of hydrogen-bond donors (Lipinski definition) is 1. The van der Waals surface area contributed by atoms with Crippen LogP contribution in [0.1, 0.15) is 32.1 Å². The van der Waals surface area contributed by atoms with E-state index in [0.717, 1.165) is 16.5 Å². The van der Waals surface area contributed by atoms with Crippen molar-refractivity contribution in [2.45, 2.75) is 32.1 Å². The van der Waals surface area contributed by atoms with Crippen molar-refractivity contribution in [3.8, 4) is 17.6 Å². The molecule has 2 aromatic carbocycles. The van der Waals surface area contributed by atoms with Gasteiger partial charge in [-0.15, -0.1) is 0 Å². The number of hydrogen-bond acceptors (Lipinski definition) is 2. The summed E-state index contributed by atoms with van der Waals surface area (Å²) in [6.45, 7) is 0.719. The second kappa shape index (κ2) is 8.40. The molecule has 1 aliphatic carbocycles. The maximum Gasteiger partial charge on any atom is 0.221 e. The van der Waals surface area contributed by atoms with Crippen molar-refractivity contribution in [1.29, 1.82) is 0 Å². The fraction of sp³-hybridized carbons (Fsp3) is 0.381. The molecule has 3 heteroatoms. The number of ether oxygens (including phenoxy) is 1. The van der Waals surface area contributed by atoms with Gasteiger partial charge in [-0.1, -0.05) is 61.1 Å². The van der Waals surface area contributed by atoms with Crippen LogP contribution in [-0.4, -0.2) is 19.1 Å². The standard InChI is InChI=1S/C21H23NO2/c23-21(16-17-8-1-2-9-17)22-14-5-6-15-24-20-13-7-11-18-10-3-4-12-19(18)20/h3-4,7,10-13,17H,1-2,8-9,14-16H2,(H,22,23). The smallest absolute Gasteiger partial charge is 0.221 e. The van der Waals surface area contributed by atoms with Crippen LogP contribution in [-0.2, 0) is 4.79 Å². The van der Waals surface area contributed by atoms with E-state index in [0.29, 0.717) is 25.5 Å². The van der Waals surface area contributed by atoms with Gasteiger partial charge in [0.2, 0.25) is 5.91 Å². The van der Waals surface area contributed by atoms with Gasteiger partial charge in [-0.25, -0.2) is 0 Å². The minimum Gasteiger partial charge on any atom is -0.480 e. The summed E-state index contributed by atoms with van der Waals surface area (Å²) in [6, 6.07) is 14.1. The Bertz CT molecular complexity index is 746. The van der Waals surface area contributed by atoms with Crippen molar-refractivity contribution in [3.63, 3.8) is 0 Å². The quantitative estimate of drug-likeness (QED) is 0.848. The second-order valence-electron chi connectivity index (χ2n) is 6.25. The van der Waals surface area contributed by atoms with E-state index in [1.165, 1.54) is 25.7 Å². The highest BCUT2D eigenvalue weighted by Crippen LogP contribution is 2.27. The third-order valence-corrected chi connectivity index (χ3v) is 4.50. The molecule has 0 atom stereocenters. The van der Waals surface area contributed by atoms with Crippen molar-refractivity contribution in [2.24, 2.45) is 5.92 Å². The summed E-state index contributed by atoms with van der Waals surface area (Å²) in [4.78, 5) is 11.8. The molecule has 24 heavy (non-hydrogen) atoms. The van der Waals surface area contributed by atoms with Crippen molar-refractivity contribution in [1.82, 2.24) is 5.32 Å². The molecule has 3 rings (SSSR count). The number of nitrogens with one attached hydrogen (secondary N) is 1. The number of carbonyl (C=O) groups is 1. The van der Waals surface area contributed by atoms with Crippen LogP contribution >= 0.6 is 0 Å². The average molecular weight is 321 g/mol. The minimum atomic E-state index is 0.117. The predicted molar refractivity (Wildman–Crippen MR) is 96.8 cm³/mol. The Labute approximate surface area is 143 Å². The second-order valence-corrected chi connectivity index (χ2v) is 6.25. The summed E-state index contributed by atoms with van der Waals surface area (Å²) in [6.07, 6.45) is 5.57. The van der Waals surface area contributed by atoms with Crippen molar-refractivity contribution in [3.05, 3.63) is 42.5 Å². The molecule has 2 aromatic rings. The van der Waals surface area contributed by atoms with Crippen LogP contribution in [0.15, 0.2) is 42.5 Å². The molecule has 0 radical (unpaired) electrons. The van der Waals surface area contributed by atoms with Gasteiger partial charge in [0.1, 0.15) is 12.4 Å². The van der Waals surface area contributed by atoms with Crippen LogP contribution in [0.5, 0.6) is 5.75 Å². The maximum atomic E-state index is 11.8. The van der Waals surface area contributed by atoms with E-state index >= 15 is 0 Å². The molecule has 1 fully saturated rings. The molecule has 1 amide bonds. The van der Waals surface area contributed by atoms with Gasteiger partial charge < -0.3 is 10.1 Å². The largest absolute Gasteiger partial charge is 0.480 e. The summed E-state index contributed by atoms with van der Waals surface area (Å²) >= 11 is 0. The Morgan fingerprint density at radius 1 is 1.08 bits per heavy atom. The first-order chi connectivity index (χ1) is 11.8. The lowest BCUT2D eigenvalue weighted by molar-refractivity contribution is -0.121. The lowest BCUT2D eigenvalue weighted by Gasteiger charge is -2.07. The number of carbonyl (C=O) groups excluding carboxylic acids is 1. The highest BCUT2D eigenvalue weighted by molar-refractivity contribution is 5.88. The minimum absolute atomic E-state index is 0.117. The third kappa shape index (κ3) is 4.52. The molecular weight excluding hydrogens is 298 g/mol. The molecule has 0 spiro atoms. The van der Waals surface area contributed by atoms with Gasteiger partial charge in [0, 0.05) is 11.8 Å². The lowest BCUT2D eigenvalue weighted by Crippen LogP contribution is -2.25. The molecule has 0 heterocycles. The Kier molecular flexibility index (Phi) is 5.74. The van der Waals surface area contributed by atoms with Crippen LogP contribution in [0.4, 0.5) is 0 Å². The molecule has 3 nitrogen and oxygen atoms in total. The fourth-order valence-corrected chi connectivity index (χ4v) is 3.24. The van der Waals surface area contributed by atoms with E-state index < -0.39 is 0 Å². The Hall–Kier alpha value is -2.47. The normalized spacial score (nSPS) is 14.2. The molecule has 0 aromatic heterocycles. The van der Waals surface area contributed by atoms with Gasteiger partial charge in [0.15, 0.2) is 0 Å². The van der Waals surface area contributed by atoms with E-state index in [9.17, 15) is 4.79 Å².